The van der Waals surface area contributed by atoms with Gasteiger partial charge in [-0.05, 0) is 45.6 Å². The van der Waals surface area contributed by atoms with Crippen molar-refractivity contribution in [1.82, 2.24) is 30.0 Å². The van der Waals surface area contributed by atoms with E-state index in [4.69, 9.17) is 14.5 Å². The molecule has 39 heavy (non-hydrogen) atoms. The third-order valence-corrected chi connectivity index (χ3v) is 7.39. The lowest BCUT2D eigenvalue weighted by molar-refractivity contribution is -0.135. The highest BCUT2D eigenvalue weighted by molar-refractivity contribution is 5.78. The predicted octanol–water partition coefficient (Wildman–Crippen LogP) is 3.43. The first-order valence-electron chi connectivity index (χ1n) is 13.6. The Balaban J connectivity index is 1.30. The van der Waals surface area contributed by atoms with E-state index in [9.17, 15) is 14.4 Å². The maximum Gasteiger partial charge on any atom is 0.410 e. The van der Waals surface area contributed by atoms with Crippen molar-refractivity contribution in [1.29, 1.82) is 0 Å². The highest BCUT2D eigenvalue weighted by atomic mass is 16.6. The first-order chi connectivity index (χ1) is 18.7. The number of hydrogen-bond donors (Lipinski definition) is 2. The van der Waals surface area contributed by atoms with Crippen molar-refractivity contribution in [2.75, 3.05) is 32.8 Å². The number of carbonyl (C=O) groups is 2. The van der Waals surface area contributed by atoms with E-state index in [1.54, 1.807) is 9.80 Å². The van der Waals surface area contributed by atoms with E-state index >= 15 is 0 Å². The number of rotatable bonds is 6. The van der Waals surface area contributed by atoms with Crippen molar-refractivity contribution in [3.63, 3.8) is 0 Å². The van der Waals surface area contributed by atoms with E-state index < -0.39 is 5.60 Å². The van der Waals surface area contributed by atoms with Gasteiger partial charge < -0.3 is 24.3 Å². The minimum absolute atomic E-state index is 0.121. The van der Waals surface area contributed by atoms with Crippen LogP contribution < -0.4 is 10.3 Å². The Morgan fingerprint density at radius 1 is 1.08 bits per heavy atom. The predicted molar refractivity (Wildman–Crippen MR) is 145 cm³/mol. The monoisotopic (exact) mass is 536 g/mol. The quantitative estimate of drug-likeness (QED) is 0.493. The fourth-order valence-corrected chi connectivity index (χ4v) is 5.49. The van der Waals surface area contributed by atoms with Gasteiger partial charge in [0.1, 0.15) is 22.6 Å². The highest BCUT2D eigenvalue weighted by Crippen LogP contribution is 2.43. The van der Waals surface area contributed by atoms with Gasteiger partial charge in [0.05, 0.1) is 6.20 Å². The second-order valence-corrected chi connectivity index (χ2v) is 11.3. The van der Waals surface area contributed by atoms with Gasteiger partial charge in [-0.15, -0.1) is 0 Å². The van der Waals surface area contributed by atoms with Gasteiger partial charge in [0, 0.05) is 37.7 Å². The van der Waals surface area contributed by atoms with Crippen LogP contribution in [0, 0.1) is 5.92 Å². The molecule has 2 aliphatic rings. The summed E-state index contributed by atoms with van der Waals surface area (Å²) in [5.41, 5.74) is 0.560. The van der Waals surface area contributed by atoms with Crippen LogP contribution in [0.15, 0.2) is 35.3 Å². The molecule has 2 amide bonds. The van der Waals surface area contributed by atoms with Crippen molar-refractivity contribution in [3.8, 4) is 5.75 Å². The molecular weight excluding hydrogens is 500 g/mol. The average molecular weight is 537 g/mol. The molecule has 0 bridgehead atoms. The Labute approximate surface area is 226 Å². The molecule has 0 radical (unpaired) electrons. The number of benzene rings is 1. The molecule has 2 N–H and O–H groups in total. The Morgan fingerprint density at radius 2 is 1.77 bits per heavy atom. The SMILES string of the molecule is CC(C)(C)OC(=O)N1CCN(C(=O)COc2ccccc2C(c2nc3[nH]ncc3c(=O)[nH]2)C2CCCC2)CC1. The van der Waals surface area contributed by atoms with Crippen molar-refractivity contribution in [2.45, 2.75) is 58.0 Å². The molecule has 5 rings (SSSR count). The number of ether oxygens (including phenoxy) is 2. The molecule has 1 aliphatic carbocycles. The van der Waals surface area contributed by atoms with Gasteiger partial charge in [0.25, 0.3) is 11.5 Å². The zero-order chi connectivity index (χ0) is 27.6. The van der Waals surface area contributed by atoms with E-state index in [2.05, 4.69) is 15.2 Å². The van der Waals surface area contributed by atoms with Gasteiger partial charge >= 0.3 is 6.09 Å². The third kappa shape index (κ3) is 6.07. The van der Waals surface area contributed by atoms with Gasteiger partial charge in [0.15, 0.2) is 12.3 Å². The molecule has 2 aromatic heterocycles. The fraction of sp³-hybridized carbons (Fsp3) is 0.536. The summed E-state index contributed by atoms with van der Waals surface area (Å²) in [6, 6.07) is 7.66. The second kappa shape index (κ2) is 11.1. The van der Waals surface area contributed by atoms with Gasteiger partial charge in [-0.2, -0.15) is 5.10 Å². The number of nitrogens with zero attached hydrogens (tertiary/aromatic N) is 4. The van der Waals surface area contributed by atoms with Crippen LogP contribution in [0.3, 0.4) is 0 Å². The van der Waals surface area contributed by atoms with Crippen LogP contribution in [0.1, 0.15) is 63.8 Å². The van der Waals surface area contributed by atoms with E-state index in [0.717, 1.165) is 31.2 Å². The summed E-state index contributed by atoms with van der Waals surface area (Å²) in [5, 5.41) is 7.21. The summed E-state index contributed by atoms with van der Waals surface area (Å²) in [6.07, 6.45) is 5.39. The van der Waals surface area contributed by atoms with Crippen LogP contribution in [-0.4, -0.2) is 80.4 Å². The zero-order valence-corrected chi connectivity index (χ0v) is 22.7. The molecule has 1 aliphatic heterocycles. The maximum atomic E-state index is 13.0. The Hall–Kier alpha value is -3.89. The molecule has 3 heterocycles. The maximum absolute atomic E-state index is 13.0. The number of carbonyl (C=O) groups excluding carboxylic acids is 2. The summed E-state index contributed by atoms with van der Waals surface area (Å²) >= 11 is 0. The number of para-hydroxylation sites is 1. The minimum Gasteiger partial charge on any atom is -0.483 e. The average Bonchev–Trinajstić information content (AvgIpc) is 3.60. The number of fused-ring (bicyclic) bond motifs is 1. The molecule has 208 valence electrons. The first kappa shape index (κ1) is 26.7. The van der Waals surface area contributed by atoms with E-state index in [-0.39, 0.29) is 36.0 Å². The van der Waals surface area contributed by atoms with E-state index in [0.29, 0.717) is 48.8 Å². The molecule has 1 saturated carbocycles. The lowest BCUT2D eigenvalue weighted by atomic mass is 9.83. The summed E-state index contributed by atoms with van der Waals surface area (Å²) in [5.74, 6) is 1.13. The first-order valence-corrected chi connectivity index (χ1v) is 13.6. The van der Waals surface area contributed by atoms with Crippen LogP contribution in [-0.2, 0) is 9.53 Å². The fourth-order valence-electron chi connectivity index (χ4n) is 5.49. The summed E-state index contributed by atoms with van der Waals surface area (Å²) < 4.78 is 11.6. The van der Waals surface area contributed by atoms with E-state index in [1.807, 2.05) is 45.0 Å². The third-order valence-electron chi connectivity index (χ3n) is 7.39. The number of nitrogens with one attached hydrogen (secondary N) is 2. The number of H-pyrrole nitrogens is 2. The highest BCUT2D eigenvalue weighted by Gasteiger charge is 2.33. The number of amides is 2. The molecule has 0 spiro atoms. The van der Waals surface area contributed by atoms with Gasteiger partial charge in [0.2, 0.25) is 0 Å². The normalized spacial score (nSPS) is 17.4. The van der Waals surface area contributed by atoms with Crippen LogP contribution in [0.4, 0.5) is 4.79 Å². The standard InChI is InChI=1S/C28H36N6O5/c1-28(2,3)39-27(37)34-14-12-33(13-15-34)22(35)17-38-21-11-7-6-10-19(21)23(18-8-4-5-9-18)25-30-24-20(16-29-32-24)26(36)31-25/h6-7,10-11,16,18,23H,4-5,8-9,12-15,17H2,1-3H3,(H2,29,30,31,32,36). The molecule has 1 saturated heterocycles. The lowest BCUT2D eigenvalue weighted by Gasteiger charge is -2.35. The Kier molecular flexibility index (Phi) is 7.58. The molecule has 11 nitrogen and oxygen atoms in total. The van der Waals surface area contributed by atoms with Gasteiger partial charge in [-0.25, -0.2) is 9.78 Å². The van der Waals surface area contributed by atoms with Gasteiger partial charge in [-0.1, -0.05) is 31.0 Å². The summed E-state index contributed by atoms with van der Waals surface area (Å²) in [7, 11) is 0. The summed E-state index contributed by atoms with van der Waals surface area (Å²) in [4.78, 5) is 49.2. The van der Waals surface area contributed by atoms with Crippen LogP contribution in [0.2, 0.25) is 0 Å². The molecule has 3 aromatic rings. The second-order valence-electron chi connectivity index (χ2n) is 11.3. The van der Waals surface area contributed by atoms with Crippen LogP contribution in [0.25, 0.3) is 11.0 Å². The molecule has 2 fully saturated rings. The molecule has 11 heteroatoms. The number of aromatic nitrogens is 4. The van der Waals surface area contributed by atoms with E-state index in [1.165, 1.54) is 6.20 Å². The van der Waals surface area contributed by atoms with Crippen molar-refractivity contribution >= 4 is 23.0 Å². The topological polar surface area (TPSA) is 134 Å². The van der Waals surface area contributed by atoms with Crippen molar-refractivity contribution in [3.05, 3.63) is 52.2 Å². The number of piperazine rings is 1. The Bertz CT molecular complexity index is 1380. The molecule has 1 unspecified atom stereocenters. The minimum atomic E-state index is -0.561. The number of aromatic amines is 2. The van der Waals surface area contributed by atoms with Crippen molar-refractivity contribution < 1.29 is 19.1 Å². The largest absolute Gasteiger partial charge is 0.483 e. The van der Waals surface area contributed by atoms with Gasteiger partial charge in [-0.3, -0.25) is 14.7 Å². The smallest absolute Gasteiger partial charge is 0.410 e. The summed E-state index contributed by atoms with van der Waals surface area (Å²) in [6.45, 7) is 7.05. The Morgan fingerprint density at radius 3 is 2.49 bits per heavy atom. The van der Waals surface area contributed by atoms with Crippen molar-refractivity contribution in [2.24, 2.45) is 5.92 Å². The van der Waals surface area contributed by atoms with Crippen LogP contribution >= 0.6 is 0 Å². The molecule has 1 atom stereocenters. The number of hydrogen-bond acceptors (Lipinski definition) is 7. The lowest BCUT2D eigenvalue weighted by Crippen LogP contribution is -2.52. The molecular formula is C28H36N6O5. The molecule has 1 aromatic carbocycles. The van der Waals surface area contributed by atoms with Crippen LogP contribution in [0.5, 0.6) is 5.75 Å². The zero-order valence-electron chi connectivity index (χ0n) is 22.7.